The van der Waals surface area contributed by atoms with E-state index in [4.69, 9.17) is 0 Å². The van der Waals surface area contributed by atoms with Crippen LogP contribution >= 0.6 is 15.9 Å². The van der Waals surface area contributed by atoms with Gasteiger partial charge in [-0.05, 0) is 41.8 Å². The fraction of sp³-hybridized carbons (Fsp3) is 0.444. The summed E-state index contributed by atoms with van der Waals surface area (Å²) in [6, 6.07) is 1.50. The van der Waals surface area contributed by atoms with Crippen LogP contribution < -0.4 is 0 Å². The van der Waals surface area contributed by atoms with Crippen LogP contribution in [0.4, 0.5) is 18.9 Å². The molecule has 0 aromatic heterocycles. The summed E-state index contributed by atoms with van der Waals surface area (Å²) in [4.78, 5) is 9.45. The molecule has 1 unspecified atom stereocenters. The van der Waals surface area contributed by atoms with Crippen LogP contribution in [0.3, 0.4) is 0 Å². The highest BCUT2D eigenvalue weighted by molar-refractivity contribution is 9.11. The van der Waals surface area contributed by atoms with Crippen LogP contribution in [0, 0.1) is 22.0 Å². The molecule has 11 heteroatoms. The average Bonchev–Trinajstić information content (AvgIpc) is 2.67. The van der Waals surface area contributed by atoms with Gasteiger partial charge in [0.2, 0.25) is 10.0 Å². The van der Waals surface area contributed by atoms with Crippen LogP contribution in [0.15, 0.2) is 45.8 Å². The second-order valence-corrected chi connectivity index (χ2v) is 9.78. The molecule has 0 amide bonds. The van der Waals surface area contributed by atoms with E-state index in [2.05, 4.69) is 28.1 Å². The lowest BCUT2D eigenvalue weighted by Gasteiger charge is -2.35. The summed E-state index contributed by atoms with van der Waals surface area (Å²) in [6.45, 7) is 0.297. The Balaban J connectivity index is 1.83. The van der Waals surface area contributed by atoms with Crippen molar-refractivity contribution in [2.75, 3.05) is 13.1 Å². The van der Waals surface area contributed by atoms with E-state index in [-0.39, 0.29) is 31.0 Å². The number of piperidine rings is 1. The number of nitro groups is 1. The third-order valence-corrected chi connectivity index (χ3v) is 8.02. The van der Waals surface area contributed by atoms with E-state index in [0.29, 0.717) is 25.0 Å². The van der Waals surface area contributed by atoms with Gasteiger partial charge >= 0.3 is 6.18 Å². The summed E-state index contributed by atoms with van der Waals surface area (Å²) < 4.78 is 66.6. The Morgan fingerprint density at radius 2 is 1.86 bits per heavy atom. The smallest absolute Gasteiger partial charge is 0.258 e. The predicted octanol–water partition coefficient (Wildman–Crippen LogP) is 4.87. The van der Waals surface area contributed by atoms with Crippen molar-refractivity contribution in [3.8, 4) is 0 Å². The molecule has 0 N–H and O–H groups in total. The van der Waals surface area contributed by atoms with Crippen LogP contribution in [-0.2, 0) is 16.2 Å². The fourth-order valence-electron chi connectivity index (χ4n) is 3.68. The summed E-state index contributed by atoms with van der Waals surface area (Å²) >= 11 is 3.54. The maximum Gasteiger partial charge on any atom is 0.416 e. The minimum Gasteiger partial charge on any atom is -0.258 e. The molecule has 1 aromatic carbocycles. The van der Waals surface area contributed by atoms with Crippen molar-refractivity contribution in [3.05, 3.63) is 56.6 Å². The zero-order valence-corrected chi connectivity index (χ0v) is 17.5. The van der Waals surface area contributed by atoms with Gasteiger partial charge in [0.05, 0.1) is 10.5 Å². The first-order valence-electron chi connectivity index (χ1n) is 8.90. The summed E-state index contributed by atoms with van der Waals surface area (Å²) in [5.41, 5.74) is -2.33. The molecular weight excluding hydrogens is 477 g/mol. The zero-order chi connectivity index (χ0) is 21.4. The Kier molecular flexibility index (Phi) is 6.21. The molecule has 1 aliphatic carbocycles. The molecular formula is C18H18BrF3N2O4S. The minimum atomic E-state index is -4.81. The van der Waals surface area contributed by atoms with Gasteiger partial charge in [0.25, 0.3) is 5.69 Å². The molecule has 2 aliphatic rings. The van der Waals surface area contributed by atoms with Gasteiger partial charge in [0, 0.05) is 25.1 Å². The van der Waals surface area contributed by atoms with Crippen molar-refractivity contribution < 1.29 is 26.5 Å². The maximum absolute atomic E-state index is 12.9. The van der Waals surface area contributed by atoms with Crippen molar-refractivity contribution in [1.82, 2.24) is 4.31 Å². The first-order chi connectivity index (χ1) is 13.5. The topological polar surface area (TPSA) is 80.5 Å². The molecule has 0 saturated carbocycles. The van der Waals surface area contributed by atoms with E-state index in [1.54, 1.807) is 0 Å². The normalized spacial score (nSPS) is 21.8. The molecule has 3 rings (SSSR count). The Morgan fingerprint density at radius 3 is 2.41 bits per heavy atom. The predicted molar refractivity (Wildman–Crippen MR) is 104 cm³/mol. The number of halogens is 4. The van der Waals surface area contributed by atoms with Gasteiger partial charge in [-0.3, -0.25) is 10.1 Å². The van der Waals surface area contributed by atoms with Crippen LogP contribution in [0.1, 0.15) is 24.8 Å². The maximum atomic E-state index is 12.9. The van der Waals surface area contributed by atoms with Crippen molar-refractivity contribution in [3.63, 3.8) is 0 Å². The number of allylic oxidation sites excluding steroid dienone is 4. The first-order valence-corrected chi connectivity index (χ1v) is 11.1. The molecule has 1 aliphatic heterocycles. The number of hydrogen-bond donors (Lipinski definition) is 0. The largest absolute Gasteiger partial charge is 0.416 e. The van der Waals surface area contributed by atoms with Crippen molar-refractivity contribution in [1.29, 1.82) is 0 Å². The van der Waals surface area contributed by atoms with Gasteiger partial charge in [0.15, 0.2) is 4.90 Å². The SMILES string of the molecule is O=[N+]([O-])c1cc(C(F)(F)F)ccc1S(=O)(=O)N1CCC(C2C=CCC=C2Br)CC1. The van der Waals surface area contributed by atoms with E-state index < -0.39 is 37.3 Å². The number of benzene rings is 1. The van der Waals surface area contributed by atoms with Gasteiger partial charge in [-0.15, -0.1) is 0 Å². The van der Waals surface area contributed by atoms with Gasteiger partial charge in [0.1, 0.15) is 0 Å². The van der Waals surface area contributed by atoms with E-state index in [1.807, 2.05) is 6.08 Å². The van der Waals surface area contributed by atoms with Gasteiger partial charge in [-0.25, -0.2) is 8.42 Å². The number of alkyl halides is 3. The Labute approximate surface area is 174 Å². The molecule has 1 atom stereocenters. The molecule has 1 aromatic rings. The molecule has 0 bridgehead atoms. The standard InChI is InChI=1S/C18H18BrF3N2O4S/c19-15-4-2-1-3-14(15)12-7-9-23(10-8-12)29(27,28)17-6-5-13(18(20,21)22)11-16(17)24(25)26/h1,3-6,11-12,14H,2,7-10H2. The van der Waals surface area contributed by atoms with Gasteiger partial charge in [-0.1, -0.05) is 34.2 Å². The number of hydrogen-bond acceptors (Lipinski definition) is 4. The van der Waals surface area contributed by atoms with Gasteiger partial charge < -0.3 is 0 Å². The summed E-state index contributed by atoms with van der Waals surface area (Å²) in [5.74, 6) is 0.375. The quantitative estimate of drug-likeness (QED) is 0.339. The molecule has 0 radical (unpaired) electrons. The third-order valence-electron chi connectivity index (χ3n) is 5.22. The van der Waals surface area contributed by atoms with Crippen LogP contribution in [0.5, 0.6) is 0 Å². The molecule has 29 heavy (non-hydrogen) atoms. The second-order valence-electron chi connectivity index (χ2n) is 6.96. The third kappa shape index (κ3) is 4.56. The molecule has 1 fully saturated rings. The Morgan fingerprint density at radius 1 is 1.21 bits per heavy atom. The monoisotopic (exact) mass is 494 g/mol. The number of nitro benzene ring substituents is 1. The number of nitrogens with zero attached hydrogens (tertiary/aromatic N) is 2. The highest BCUT2D eigenvalue weighted by Crippen LogP contribution is 2.39. The number of sulfonamides is 1. The Bertz CT molecular complexity index is 968. The molecule has 1 heterocycles. The summed E-state index contributed by atoms with van der Waals surface area (Å²) in [5, 5.41) is 11.3. The highest BCUT2D eigenvalue weighted by Gasteiger charge is 2.39. The van der Waals surface area contributed by atoms with Crippen molar-refractivity contribution in [2.24, 2.45) is 11.8 Å². The lowest BCUT2D eigenvalue weighted by Crippen LogP contribution is -2.40. The lowest BCUT2D eigenvalue weighted by atomic mass is 9.83. The van der Waals surface area contributed by atoms with Crippen LogP contribution in [0.2, 0.25) is 0 Å². The van der Waals surface area contributed by atoms with E-state index in [0.717, 1.165) is 15.2 Å². The molecule has 6 nitrogen and oxygen atoms in total. The second kappa shape index (κ2) is 8.19. The average molecular weight is 495 g/mol. The number of rotatable bonds is 4. The van der Waals surface area contributed by atoms with Crippen LogP contribution in [-0.4, -0.2) is 30.7 Å². The van der Waals surface area contributed by atoms with Gasteiger partial charge in [-0.2, -0.15) is 17.5 Å². The van der Waals surface area contributed by atoms with E-state index >= 15 is 0 Å². The fourth-order valence-corrected chi connectivity index (χ4v) is 6.01. The lowest BCUT2D eigenvalue weighted by molar-refractivity contribution is -0.388. The first kappa shape index (κ1) is 22.0. The molecule has 158 valence electrons. The summed E-state index contributed by atoms with van der Waals surface area (Å²) in [7, 11) is -4.29. The van der Waals surface area contributed by atoms with Crippen LogP contribution in [0.25, 0.3) is 0 Å². The zero-order valence-electron chi connectivity index (χ0n) is 15.1. The van der Waals surface area contributed by atoms with E-state index in [1.165, 1.54) is 0 Å². The Hall–Kier alpha value is -1.72. The highest BCUT2D eigenvalue weighted by atomic mass is 79.9. The summed E-state index contributed by atoms with van der Waals surface area (Å²) in [6.07, 6.45) is 3.31. The minimum absolute atomic E-state index is 0.149. The van der Waals surface area contributed by atoms with Crippen molar-refractivity contribution in [2.45, 2.75) is 30.3 Å². The van der Waals surface area contributed by atoms with E-state index in [9.17, 15) is 31.7 Å². The molecule has 1 saturated heterocycles. The molecule has 0 spiro atoms. The van der Waals surface area contributed by atoms with Crippen molar-refractivity contribution >= 4 is 31.6 Å².